The molecule has 0 aromatic heterocycles. The van der Waals surface area contributed by atoms with Crippen LogP contribution in [0.15, 0.2) is 17.1 Å². The number of nitrogens with zero attached hydrogens (tertiary/aromatic N) is 2. The van der Waals surface area contributed by atoms with Crippen LogP contribution in [0.2, 0.25) is 0 Å². The largest absolute Gasteiger partial charge is 0.357 e. The molecule has 6 nitrogen and oxygen atoms in total. The second kappa shape index (κ2) is 7.79. The monoisotopic (exact) mass is 314 g/mol. The molecule has 1 aliphatic carbocycles. The van der Waals surface area contributed by atoms with Crippen molar-refractivity contribution in [1.29, 1.82) is 0 Å². The summed E-state index contributed by atoms with van der Waals surface area (Å²) < 4.78 is 22.8. The van der Waals surface area contributed by atoms with Crippen LogP contribution >= 0.6 is 0 Å². The maximum atomic E-state index is 11.4. The molecule has 7 heteroatoms. The van der Waals surface area contributed by atoms with Gasteiger partial charge in [-0.2, -0.15) is 0 Å². The van der Waals surface area contributed by atoms with E-state index in [0.717, 1.165) is 31.9 Å². The van der Waals surface area contributed by atoms with Crippen molar-refractivity contribution in [2.45, 2.75) is 25.8 Å². The normalized spacial score (nSPS) is 23.4. The van der Waals surface area contributed by atoms with Crippen LogP contribution in [0.3, 0.4) is 0 Å². The first-order valence-corrected chi connectivity index (χ1v) is 9.54. The zero-order valence-corrected chi connectivity index (χ0v) is 13.5. The van der Waals surface area contributed by atoms with Crippen molar-refractivity contribution in [2.24, 2.45) is 4.99 Å². The fourth-order valence-electron chi connectivity index (χ4n) is 2.53. The second-order valence-electron chi connectivity index (χ2n) is 5.54. The summed E-state index contributed by atoms with van der Waals surface area (Å²) >= 11 is 0. The van der Waals surface area contributed by atoms with Gasteiger partial charge in [0, 0.05) is 32.2 Å². The fraction of sp³-hybridized carbons (Fsp3) is 0.786. The molecule has 0 aromatic carbocycles. The minimum absolute atomic E-state index is 0.281. The van der Waals surface area contributed by atoms with Crippen LogP contribution in [-0.4, -0.2) is 69.5 Å². The Balaban J connectivity index is 1.74. The summed E-state index contributed by atoms with van der Waals surface area (Å²) in [6.45, 7) is 5.67. The molecule has 0 radical (unpaired) electrons. The summed E-state index contributed by atoms with van der Waals surface area (Å²) in [5.41, 5.74) is 0. The Morgan fingerprint density at radius 1 is 1.29 bits per heavy atom. The Morgan fingerprint density at radius 3 is 2.57 bits per heavy atom. The molecule has 2 N–H and O–H groups in total. The zero-order chi connectivity index (χ0) is 15.1. The van der Waals surface area contributed by atoms with E-state index < -0.39 is 9.84 Å². The molecule has 1 heterocycles. The molecule has 120 valence electrons. The Hall–Kier alpha value is -1.08. The molecule has 0 aromatic rings. The summed E-state index contributed by atoms with van der Waals surface area (Å²) in [6.07, 6.45) is 6.48. The number of aliphatic imine (C=N–C) groups is 1. The molecule has 0 atom stereocenters. The van der Waals surface area contributed by atoms with E-state index in [2.05, 4.69) is 39.6 Å². The van der Waals surface area contributed by atoms with Gasteiger partial charge in [-0.05, 0) is 19.8 Å². The summed E-state index contributed by atoms with van der Waals surface area (Å²) in [4.78, 5) is 6.75. The highest BCUT2D eigenvalue weighted by Crippen LogP contribution is 2.08. The maximum Gasteiger partial charge on any atom is 0.191 e. The molecule has 21 heavy (non-hydrogen) atoms. The van der Waals surface area contributed by atoms with Gasteiger partial charge in [0.15, 0.2) is 15.8 Å². The quantitative estimate of drug-likeness (QED) is 0.424. The molecule has 1 fully saturated rings. The lowest BCUT2D eigenvalue weighted by atomic mass is 10.2. The van der Waals surface area contributed by atoms with Gasteiger partial charge in [0.05, 0.1) is 18.1 Å². The standard InChI is InChI=1S/C14H26N4O2S/c1-2-15-14(17-13-5-3-4-6-13)16-7-8-18-9-11-21(19,20)12-10-18/h3-4,13H,2,5-12H2,1H3,(H2,15,16,17). The van der Waals surface area contributed by atoms with E-state index >= 15 is 0 Å². The lowest BCUT2D eigenvalue weighted by molar-refractivity contribution is 0.304. The highest BCUT2D eigenvalue weighted by molar-refractivity contribution is 7.91. The van der Waals surface area contributed by atoms with Crippen molar-refractivity contribution in [3.05, 3.63) is 12.2 Å². The summed E-state index contributed by atoms with van der Waals surface area (Å²) in [7, 11) is -2.79. The summed E-state index contributed by atoms with van der Waals surface area (Å²) in [6, 6.07) is 0.447. The van der Waals surface area contributed by atoms with Crippen LogP contribution in [0.4, 0.5) is 0 Å². The van der Waals surface area contributed by atoms with E-state index in [-0.39, 0.29) is 11.5 Å². The molecular weight excluding hydrogens is 288 g/mol. The van der Waals surface area contributed by atoms with E-state index in [4.69, 9.17) is 0 Å². The smallest absolute Gasteiger partial charge is 0.191 e. The topological polar surface area (TPSA) is 73.8 Å². The van der Waals surface area contributed by atoms with Crippen LogP contribution in [0, 0.1) is 0 Å². The first-order chi connectivity index (χ1) is 10.1. The fourth-order valence-corrected chi connectivity index (χ4v) is 3.80. The molecule has 0 saturated carbocycles. The Bertz CT molecular complexity index is 465. The summed E-state index contributed by atoms with van der Waals surface area (Å²) in [5, 5.41) is 6.69. The van der Waals surface area contributed by atoms with Gasteiger partial charge < -0.3 is 10.6 Å². The molecule has 1 aliphatic heterocycles. The van der Waals surface area contributed by atoms with Crippen molar-refractivity contribution in [3.63, 3.8) is 0 Å². The Kier molecular flexibility index (Phi) is 6.05. The van der Waals surface area contributed by atoms with Crippen molar-refractivity contribution in [3.8, 4) is 0 Å². The molecule has 1 saturated heterocycles. The van der Waals surface area contributed by atoms with Crippen molar-refractivity contribution in [2.75, 3.05) is 44.2 Å². The van der Waals surface area contributed by atoms with Crippen molar-refractivity contribution in [1.82, 2.24) is 15.5 Å². The van der Waals surface area contributed by atoms with Crippen LogP contribution in [0.5, 0.6) is 0 Å². The van der Waals surface area contributed by atoms with Crippen LogP contribution in [0.25, 0.3) is 0 Å². The van der Waals surface area contributed by atoms with E-state index in [1.807, 2.05) is 0 Å². The Morgan fingerprint density at radius 2 is 1.95 bits per heavy atom. The van der Waals surface area contributed by atoms with Gasteiger partial charge in [0.25, 0.3) is 0 Å². The number of sulfone groups is 1. The zero-order valence-electron chi connectivity index (χ0n) is 12.7. The maximum absolute atomic E-state index is 11.4. The first-order valence-electron chi connectivity index (χ1n) is 7.71. The number of hydrogen-bond acceptors (Lipinski definition) is 4. The molecule has 0 bridgehead atoms. The highest BCUT2D eigenvalue weighted by Gasteiger charge is 2.20. The van der Waals surface area contributed by atoms with Gasteiger partial charge in [-0.15, -0.1) is 0 Å². The van der Waals surface area contributed by atoms with Crippen LogP contribution < -0.4 is 10.6 Å². The average Bonchev–Trinajstić information content (AvgIpc) is 2.94. The Labute approximate surface area is 127 Å². The molecule has 2 rings (SSSR count). The first kappa shape index (κ1) is 16.3. The van der Waals surface area contributed by atoms with E-state index in [1.54, 1.807) is 0 Å². The third kappa shape index (κ3) is 5.67. The lowest BCUT2D eigenvalue weighted by Gasteiger charge is -2.25. The van der Waals surface area contributed by atoms with Crippen LogP contribution in [-0.2, 0) is 9.84 Å². The van der Waals surface area contributed by atoms with Gasteiger partial charge in [-0.1, -0.05) is 12.2 Å². The van der Waals surface area contributed by atoms with Gasteiger partial charge in [0.2, 0.25) is 0 Å². The summed E-state index contributed by atoms with van der Waals surface area (Å²) in [5.74, 6) is 1.42. The number of rotatable bonds is 5. The predicted octanol–water partition coefficient (Wildman–Crippen LogP) is -0.00950. The van der Waals surface area contributed by atoms with Gasteiger partial charge >= 0.3 is 0 Å². The SMILES string of the molecule is CCNC(=NCCN1CCS(=O)(=O)CC1)NC1CC=CC1. The minimum Gasteiger partial charge on any atom is -0.357 e. The van der Waals surface area contributed by atoms with E-state index in [0.29, 0.717) is 25.7 Å². The molecule has 2 aliphatic rings. The van der Waals surface area contributed by atoms with Gasteiger partial charge in [0.1, 0.15) is 0 Å². The van der Waals surface area contributed by atoms with E-state index in [1.165, 1.54) is 0 Å². The third-order valence-corrected chi connectivity index (χ3v) is 5.43. The molecular formula is C14H26N4O2S. The third-order valence-electron chi connectivity index (χ3n) is 3.82. The highest BCUT2D eigenvalue weighted by atomic mass is 32.2. The minimum atomic E-state index is -2.79. The van der Waals surface area contributed by atoms with E-state index in [9.17, 15) is 8.42 Å². The van der Waals surface area contributed by atoms with Crippen LogP contribution in [0.1, 0.15) is 19.8 Å². The predicted molar refractivity (Wildman–Crippen MR) is 86.4 cm³/mol. The number of nitrogens with one attached hydrogen (secondary N) is 2. The number of hydrogen-bond donors (Lipinski definition) is 2. The van der Waals surface area contributed by atoms with Gasteiger partial charge in [-0.3, -0.25) is 9.89 Å². The van der Waals surface area contributed by atoms with Crippen molar-refractivity contribution < 1.29 is 8.42 Å². The lowest BCUT2D eigenvalue weighted by Crippen LogP contribution is -2.44. The molecule has 0 spiro atoms. The van der Waals surface area contributed by atoms with Gasteiger partial charge in [-0.25, -0.2) is 8.42 Å². The molecule has 0 amide bonds. The average molecular weight is 314 g/mol. The molecule has 0 unspecified atom stereocenters. The number of guanidine groups is 1. The second-order valence-corrected chi connectivity index (χ2v) is 7.84. The van der Waals surface area contributed by atoms with Crippen molar-refractivity contribution >= 4 is 15.8 Å².